The van der Waals surface area contributed by atoms with Crippen molar-refractivity contribution >= 4 is 29.3 Å². The lowest BCUT2D eigenvalue weighted by Crippen LogP contribution is -2.59. The topological polar surface area (TPSA) is 131 Å². The van der Waals surface area contributed by atoms with E-state index in [-0.39, 0.29) is 24.8 Å². The molecule has 1 aromatic rings. The number of nitrogens with one attached hydrogen (secondary N) is 3. The minimum Gasteiger partial charge on any atom is -0.381 e. The molecule has 1 saturated carbocycles. The highest BCUT2D eigenvalue weighted by Crippen LogP contribution is 2.65. The summed E-state index contributed by atoms with van der Waals surface area (Å²) in [6.07, 6.45) is -7.79. The highest BCUT2D eigenvalue weighted by atomic mass is 19.4. The molecule has 0 aromatic heterocycles. The van der Waals surface area contributed by atoms with E-state index in [0.717, 1.165) is 11.3 Å². The SMILES string of the molecule is CC1(C)[C@@H]2[C@@H](C(=O)NC(C[C@@H]3CCNC3=O)C(O)C(=O)N3CCC3)N(C(=O)C(CCC(F)(F)F)Nc3c(F)cc(F)cc3F)C[C@@H]21. The molecule has 4 N–H and O–H groups in total. The van der Waals surface area contributed by atoms with E-state index in [4.69, 9.17) is 0 Å². The van der Waals surface area contributed by atoms with Gasteiger partial charge in [-0.15, -0.1) is 0 Å². The molecule has 7 atom stereocenters. The maximum absolute atomic E-state index is 14.5. The first-order valence-corrected chi connectivity index (χ1v) is 15.3. The number of benzene rings is 1. The van der Waals surface area contributed by atoms with E-state index in [1.54, 1.807) is 0 Å². The van der Waals surface area contributed by atoms with E-state index >= 15 is 0 Å². The van der Waals surface area contributed by atoms with Crippen LogP contribution in [0.2, 0.25) is 0 Å². The Labute approximate surface area is 261 Å². The summed E-state index contributed by atoms with van der Waals surface area (Å²) in [5, 5.41) is 18.6. The summed E-state index contributed by atoms with van der Waals surface area (Å²) < 4.78 is 82.2. The quantitative estimate of drug-likeness (QED) is 0.270. The summed E-state index contributed by atoms with van der Waals surface area (Å²) in [5.74, 6) is -8.20. The van der Waals surface area contributed by atoms with Gasteiger partial charge in [-0.2, -0.15) is 13.2 Å². The molecule has 4 amide bonds. The van der Waals surface area contributed by atoms with E-state index in [0.29, 0.717) is 38.2 Å². The Bertz CT molecular complexity index is 1370. The molecule has 254 valence electrons. The molecular weight excluding hydrogens is 624 g/mol. The monoisotopic (exact) mass is 661 g/mol. The number of likely N-dealkylation sites (tertiary alicyclic amines) is 2. The molecule has 0 bridgehead atoms. The first-order valence-electron chi connectivity index (χ1n) is 15.3. The number of hydrogen-bond donors (Lipinski definition) is 4. The third-order valence-corrected chi connectivity index (χ3v) is 9.93. The van der Waals surface area contributed by atoms with Gasteiger partial charge < -0.3 is 30.9 Å². The molecular formula is C30H37F6N5O5. The van der Waals surface area contributed by atoms with Crippen LogP contribution in [0.25, 0.3) is 0 Å². The van der Waals surface area contributed by atoms with Crippen molar-refractivity contribution in [2.45, 2.75) is 76.4 Å². The number of piperidine rings is 1. The van der Waals surface area contributed by atoms with Crippen LogP contribution in [0.3, 0.4) is 0 Å². The number of carbonyl (C=O) groups is 4. The van der Waals surface area contributed by atoms with Crippen LogP contribution in [0, 0.1) is 40.6 Å². The number of aliphatic hydroxyl groups excluding tert-OH is 1. The van der Waals surface area contributed by atoms with Crippen LogP contribution in [0.4, 0.5) is 32.0 Å². The number of rotatable bonds is 11. The van der Waals surface area contributed by atoms with Gasteiger partial charge in [0, 0.05) is 50.7 Å². The van der Waals surface area contributed by atoms with Crippen molar-refractivity contribution in [3.8, 4) is 0 Å². The maximum Gasteiger partial charge on any atom is 0.389 e. The first-order chi connectivity index (χ1) is 21.5. The van der Waals surface area contributed by atoms with Crippen molar-refractivity contribution in [1.29, 1.82) is 0 Å². The molecule has 3 unspecified atom stereocenters. The van der Waals surface area contributed by atoms with Crippen molar-refractivity contribution in [1.82, 2.24) is 20.4 Å². The maximum atomic E-state index is 14.5. The zero-order valence-corrected chi connectivity index (χ0v) is 25.3. The second-order valence-electron chi connectivity index (χ2n) is 13.2. The van der Waals surface area contributed by atoms with Gasteiger partial charge in [-0.25, -0.2) is 13.2 Å². The molecule has 3 saturated heterocycles. The van der Waals surface area contributed by atoms with Crippen molar-refractivity contribution in [2.24, 2.45) is 23.2 Å². The standard InChI is InChI=1S/C30H37F6N5O5/c1-29(2)16-13-41(27(45)19(4-6-30(34,35)36)38-22-17(32)11-15(31)12-18(22)33)23(21(16)29)26(44)39-20(10-14-5-7-37-25(14)43)24(42)28(46)40-8-3-9-40/h11-12,14,16,19-21,23-24,38,42H,3-10,13H2,1-2H3,(H,37,43)(H,39,44)/t14-,16-,19?,20?,21-,23-,24?/m0/s1. The van der Waals surface area contributed by atoms with E-state index in [1.165, 1.54) is 4.90 Å². The minimum atomic E-state index is -4.73. The highest BCUT2D eigenvalue weighted by Gasteiger charge is 2.69. The summed E-state index contributed by atoms with van der Waals surface area (Å²) in [7, 11) is 0. The van der Waals surface area contributed by atoms with Crippen LogP contribution in [-0.4, -0.2) is 95.1 Å². The summed E-state index contributed by atoms with van der Waals surface area (Å²) >= 11 is 0. The molecule has 5 rings (SSSR count). The van der Waals surface area contributed by atoms with Crippen LogP contribution >= 0.6 is 0 Å². The van der Waals surface area contributed by atoms with Gasteiger partial charge in [-0.3, -0.25) is 19.2 Å². The average molecular weight is 662 g/mol. The van der Waals surface area contributed by atoms with Crippen LogP contribution in [0.5, 0.6) is 0 Å². The third kappa shape index (κ3) is 6.76. The largest absolute Gasteiger partial charge is 0.389 e. The number of anilines is 1. The molecule has 0 radical (unpaired) electrons. The van der Waals surface area contributed by atoms with Gasteiger partial charge in [0.2, 0.25) is 17.7 Å². The van der Waals surface area contributed by atoms with E-state index in [1.807, 2.05) is 13.8 Å². The number of amides is 4. The van der Waals surface area contributed by atoms with Crippen molar-refractivity contribution in [3.63, 3.8) is 0 Å². The second kappa shape index (κ2) is 12.6. The van der Waals surface area contributed by atoms with Gasteiger partial charge in [0.1, 0.15) is 23.6 Å². The van der Waals surface area contributed by atoms with Gasteiger partial charge >= 0.3 is 6.18 Å². The molecule has 1 aromatic carbocycles. The van der Waals surface area contributed by atoms with Gasteiger partial charge in [0.25, 0.3) is 5.91 Å². The molecule has 0 spiro atoms. The zero-order chi connectivity index (χ0) is 33.7. The van der Waals surface area contributed by atoms with Crippen LogP contribution < -0.4 is 16.0 Å². The summed E-state index contributed by atoms with van der Waals surface area (Å²) in [5.41, 5.74) is -1.44. The van der Waals surface area contributed by atoms with Gasteiger partial charge in [0.15, 0.2) is 17.7 Å². The Morgan fingerprint density at radius 3 is 2.30 bits per heavy atom. The Morgan fingerprint density at radius 2 is 1.76 bits per heavy atom. The number of fused-ring (bicyclic) bond motifs is 1. The summed E-state index contributed by atoms with van der Waals surface area (Å²) in [6, 6.07) is -3.68. The minimum absolute atomic E-state index is 0.0435. The van der Waals surface area contributed by atoms with Gasteiger partial charge in [-0.1, -0.05) is 13.8 Å². The molecule has 4 fully saturated rings. The summed E-state index contributed by atoms with van der Waals surface area (Å²) in [4.78, 5) is 55.6. The molecule has 3 aliphatic heterocycles. The van der Waals surface area contributed by atoms with Gasteiger partial charge in [0.05, 0.1) is 6.04 Å². The lowest BCUT2D eigenvalue weighted by molar-refractivity contribution is -0.149. The number of alkyl halides is 3. The fraction of sp³-hybridized carbons (Fsp3) is 0.667. The predicted molar refractivity (Wildman–Crippen MR) is 150 cm³/mol. The van der Waals surface area contributed by atoms with Crippen LogP contribution in [-0.2, 0) is 19.2 Å². The second-order valence-corrected chi connectivity index (χ2v) is 13.2. The number of nitrogens with zero attached hydrogens (tertiary/aromatic N) is 2. The first kappa shape index (κ1) is 33.8. The Hall–Kier alpha value is -3.56. The third-order valence-electron chi connectivity index (χ3n) is 9.93. The van der Waals surface area contributed by atoms with E-state index < -0.39 is 101 Å². The summed E-state index contributed by atoms with van der Waals surface area (Å²) in [6.45, 7) is 4.89. The average Bonchev–Trinajstić information content (AvgIpc) is 3.27. The molecule has 1 aliphatic carbocycles. The predicted octanol–water partition coefficient (Wildman–Crippen LogP) is 2.31. The molecule has 3 heterocycles. The number of carbonyl (C=O) groups excluding carboxylic acids is 4. The highest BCUT2D eigenvalue weighted by molar-refractivity contribution is 5.93. The van der Waals surface area contributed by atoms with Gasteiger partial charge in [-0.05, 0) is 42.9 Å². The number of aliphatic hydroxyl groups is 1. The zero-order valence-electron chi connectivity index (χ0n) is 25.3. The fourth-order valence-corrected chi connectivity index (χ4v) is 7.04. The lowest BCUT2D eigenvalue weighted by Gasteiger charge is -2.37. The van der Waals surface area contributed by atoms with Crippen molar-refractivity contribution in [3.05, 3.63) is 29.6 Å². The van der Waals surface area contributed by atoms with Crippen molar-refractivity contribution in [2.75, 3.05) is 31.5 Å². The normalized spacial score (nSPS) is 26.8. The smallest absolute Gasteiger partial charge is 0.381 e. The molecule has 16 heteroatoms. The number of halogens is 6. The van der Waals surface area contributed by atoms with E-state index in [9.17, 15) is 50.6 Å². The molecule has 4 aliphatic rings. The Kier molecular flexibility index (Phi) is 9.23. The molecule has 10 nitrogen and oxygen atoms in total. The van der Waals surface area contributed by atoms with Crippen LogP contribution in [0.1, 0.15) is 46.0 Å². The number of hydrogen-bond acceptors (Lipinski definition) is 6. The Balaban J connectivity index is 1.40. The van der Waals surface area contributed by atoms with Crippen LogP contribution in [0.15, 0.2) is 12.1 Å². The fourth-order valence-electron chi connectivity index (χ4n) is 7.04. The Morgan fingerprint density at radius 1 is 1.11 bits per heavy atom. The van der Waals surface area contributed by atoms with Crippen molar-refractivity contribution < 1.29 is 50.6 Å². The van der Waals surface area contributed by atoms with E-state index in [2.05, 4.69) is 16.0 Å². The lowest BCUT2D eigenvalue weighted by atomic mass is 9.93. The molecule has 46 heavy (non-hydrogen) atoms.